The minimum atomic E-state index is -4.53. The van der Waals surface area contributed by atoms with Crippen LogP contribution in [0.3, 0.4) is 0 Å². The van der Waals surface area contributed by atoms with E-state index in [1.165, 1.54) is 18.2 Å². The summed E-state index contributed by atoms with van der Waals surface area (Å²) in [7, 11) is 0. The Balaban J connectivity index is 1.54. The van der Waals surface area contributed by atoms with Crippen molar-refractivity contribution in [3.05, 3.63) is 54.1 Å². The molecule has 1 fully saturated rings. The third-order valence-corrected chi connectivity index (χ3v) is 5.54. The molecule has 0 aliphatic carbocycles. The maximum absolute atomic E-state index is 13.2. The van der Waals surface area contributed by atoms with Crippen LogP contribution in [-0.4, -0.2) is 60.2 Å². The van der Waals surface area contributed by atoms with Gasteiger partial charge in [0.25, 0.3) is 0 Å². The lowest BCUT2D eigenvalue weighted by Crippen LogP contribution is -2.39. The molecule has 1 aliphatic heterocycles. The van der Waals surface area contributed by atoms with Crippen molar-refractivity contribution in [3.8, 4) is 5.75 Å². The lowest BCUT2D eigenvalue weighted by Gasteiger charge is -2.25. The van der Waals surface area contributed by atoms with Crippen molar-refractivity contribution in [1.29, 1.82) is 0 Å². The number of amides is 1. The first kappa shape index (κ1) is 24.8. The van der Waals surface area contributed by atoms with Gasteiger partial charge in [0.15, 0.2) is 5.11 Å². The van der Waals surface area contributed by atoms with Crippen LogP contribution in [-0.2, 0) is 11.0 Å². The number of rotatable bonds is 6. The summed E-state index contributed by atoms with van der Waals surface area (Å²) >= 11 is 5.58. The van der Waals surface area contributed by atoms with Crippen molar-refractivity contribution in [2.45, 2.75) is 19.5 Å². The second kappa shape index (κ2) is 11.3. The van der Waals surface area contributed by atoms with Crippen LogP contribution in [0.5, 0.6) is 5.75 Å². The molecular weight excluding hydrogens is 453 g/mol. The fourth-order valence-corrected chi connectivity index (χ4v) is 3.90. The van der Waals surface area contributed by atoms with Crippen LogP contribution in [0.1, 0.15) is 18.9 Å². The molecule has 2 N–H and O–H groups in total. The minimum Gasteiger partial charge on any atom is -0.492 e. The Morgan fingerprint density at radius 2 is 1.70 bits per heavy atom. The summed E-state index contributed by atoms with van der Waals surface area (Å²) in [5, 5.41) is 6.20. The van der Waals surface area contributed by atoms with Crippen LogP contribution < -0.4 is 15.4 Å². The Bertz CT molecular complexity index is 971. The number of hydrogen-bond acceptors (Lipinski definition) is 4. The molecule has 1 aliphatic rings. The number of carbonyl (C=O) groups is 1. The van der Waals surface area contributed by atoms with Gasteiger partial charge in [0.05, 0.1) is 30.1 Å². The van der Waals surface area contributed by atoms with Crippen LogP contribution >= 0.6 is 12.2 Å². The van der Waals surface area contributed by atoms with E-state index in [1.807, 2.05) is 41.0 Å². The van der Waals surface area contributed by atoms with E-state index >= 15 is 0 Å². The number of nitrogens with one attached hydrogen (secondary N) is 2. The Hall–Kier alpha value is -2.85. The van der Waals surface area contributed by atoms with Crippen LogP contribution in [0, 0.1) is 0 Å². The highest BCUT2D eigenvalue weighted by atomic mass is 32.1. The van der Waals surface area contributed by atoms with Gasteiger partial charge in [0.2, 0.25) is 5.91 Å². The second-order valence-electron chi connectivity index (χ2n) is 7.57. The third kappa shape index (κ3) is 7.06. The normalized spacial score (nSPS) is 15.0. The number of nitrogens with zero attached hydrogens (tertiary/aromatic N) is 2. The topological polar surface area (TPSA) is 56.8 Å². The quantitative estimate of drug-likeness (QED) is 0.596. The van der Waals surface area contributed by atoms with Crippen molar-refractivity contribution in [3.63, 3.8) is 0 Å². The third-order valence-electron chi connectivity index (χ3n) is 5.18. The van der Waals surface area contributed by atoms with Gasteiger partial charge in [0, 0.05) is 26.2 Å². The average Bonchev–Trinajstić information content (AvgIpc) is 3.00. The largest absolute Gasteiger partial charge is 0.492 e. The number of thiocarbonyl (C=S) groups is 1. The van der Waals surface area contributed by atoms with Crippen molar-refractivity contribution in [2.24, 2.45) is 0 Å². The first-order valence-corrected chi connectivity index (χ1v) is 11.1. The first-order valence-electron chi connectivity index (χ1n) is 10.7. The lowest BCUT2D eigenvalue weighted by molar-refractivity contribution is -0.137. The minimum absolute atomic E-state index is 0.00734. The second-order valence-corrected chi connectivity index (χ2v) is 7.95. The van der Waals surface area contributed by atoms with E-state index in [9.17, 15) is 18.0 Å². The van der Waals surface area contributed by atoms with Crippen LogP contribution in [0.25, 0.3) is 0 Å². The molecular formula is C23H27F3N4O2S. The van der Waals surface area contributed by atoms with Crippen molar-refractivity contribution >= 4 is 34.6 Å². The Morgan fingerprint density at radius 1 is 1.00 bits per heavy atom. The zero-order valence-corrected chi connectivity index (χ0v) is 19.1. The van der Waals surface area contributed by atoms with Gasteiger partial charge in [-0.05, 0) is 49.8 Å². The number of alkyl halides is 3. The first-order chi connectivity index (χ1) is 15.8. The number of carbonyl (C=O) groups excluding carboxylic acids is 1. The number of para-hydroxylation sites is 3. The Kier molecular flexibility index (Phi) is 8.51. The van der Waals surface area contributed by atoms with Gasteiger partial charge in [-0.25, -0.2) is 0 Å². The lowest BCUT2D eigenvalue weighted by atomic mass is 10.1. The molecule has 10 heteroatoms. The Morgan fingerprint density at radius 3 is 2.42 bits per heavy atom. The molecule has 0 unspecified atom stereocenters. The highest BCUT2D eigenvalue weighted by Crippen LogP contribution is 2.34. The van der Waals surface area contributed by atoms with Crippen LogP contribution in [0.15, 0.2) is 48.5 Å². The molecule has 1 heterocycles. The molecule has 178 valence electrons. The maximum Gasteiger partial charge on any atom is 0.418 e. The van der Waals surface area contributed by atoms with Gasteiger partial charge in [-0.2, -0.15) is 13.2 Å². The summed E-state index contributed by atoms with van der Waals surface area (Å²) in [5.41, 5.74) is -0.304. The zero-order chi connectivity index (χ0) is 23.8. The van der Waals surface area contributed by atoms with Crippen LogP contribution in [0.2, 0.25) is 0 Å². The molecule has 0 spiro atoms. The number of anilines is 2. The molecule has 0 bridgehead atoms. The van der Waals surface area contributed by atoms with Gasteiger partial charge in [-0.15, -0.1) is 0 Å². The average molecular weight is 481 g/mol. The SMILES string of the molecule is CCOc1ccccc1NC(=S)N1CCCN(CC(=O)Nc2ccccc2C(F)(F)F)CC1. The predicted octanol–water partition coefficient (Wildman–Crippen LogP) is 4.45. The van der Waals surface area contributed by atoms with E-state index in [2.05, 4.69) is 10.6 Å². The van der Waals surface area contributed by atoms with Gasteiger partial charge in [-0.1, -0.05) is 24.3 Å². The van der Waals surface area contributed by atoms with E-state index in [1.54, 1.807) is 0 Å². The smallest absolute Gasteiger partial charge is 0.418 e. The van der Waals surface area contributed by atoms with Crippen molar-refractivity contribution in [2.75, 3.05) is 50.0 Å². The standard InChI is InChI=1S/C23H27F3N4O2S/c1-2-32-20-11-6-5-10-19(20)28-22(33)30-13-7-12-29(14-15-30)16-21(31)27-18-9-4-3-8-17(18)23(24,25)26/h3-6,8-11H,2,7,12-16H2,1H3,(H,27,31)(H,28,33). The summed E-state index contributed by atoms with van der Waals surface area (Å²) in [6.07, 6.45) is -3.77. The summed E-state index contributed by atoms with van der Waals surface area (Å²) in [4.78, 5) is 16.4. The molecule has 33 heavy (non-hydrogen) atoms. The fourth-order valence-electron chi connectivity index (χ4n) is 3.61. The molecule has 0 radical (unpaired) electrons. The molecule has 1 saturated heterocycles. The van der Waals surface area contributed by atoms with Gasteiger partial charge >= 0.3 is 6.18 Å². The summed E-state index contributed by atoms with van der Waals surface area (Å²) in [5.74, 6) is 0.237. The zero-order valence-electron chi connectivity index (χ0n) is 18.3. The number of benzene rings is 2. The summed E-state index contributed by atoms with van der Waals surface area (Å²) in [6, 6.07) is 12.5. The molecule has 0 saturated carbocycles. The number of hydrogen-bond donors (Lipinski definition) is 2. The molecule has 0 atom stereocenters. The predicted molar refractivity (Wildman–Crippen MR) is 127 cm³/mol. The number of halogens is 3. The fraction of sp³-hybridized carbons (Fsp3) is 0.391. The van der Waals surface area contributed by atoms with E-state index in [-0.39, 0.29) is 12.2 Å². The monoisotopic (exact) mass is 480 g/mol. The molecule has 0 aromatic heterocycles. The van der Waals surface area contributed by atoms with E-state index in [0.717, 1.165) is 23.9 Å². The van der Waals surface area contributed by atoms with Gasteiger partial charge in [-0.3, -0.25) is 9.69 Å². The molecule has 2 aromatic carbocycles. The molecule has 6 nitrogen and oxygen atoms in total. The van der Waals surface area contributed by atoms with E-state index < -0.39 is 17.6 Å². The van der Waals surface area contributed by atoms with Crippen LogP contribution in [0.4, 0.5) is 24.5 Å². The van der Waals surface area contributed by atoms with E-state index in [0.29, 0.717) is 37.9 Å². The molecule has 3 rings (SSSR count). The molecule has 2 aromatic rings. The summed E-state index contributed by atoms with van der Waals surface area (Å²) < 4.78 is 45.1. The maximum atomic E-state index is 13.2. The van der Waals surface area contributed by atoms with Crippen molar-refractivity contribution < 1.29 is 22.7 Å². The van der Waals surface area contributed by atoms with Gasteiger partial charge in [0.1, 0.15) is 5.75 Å². The van der Waals surface area contributed by atoms with Crippen molar-refractivity contribution in [1.82, 2.24) is 9.80 Å². The molecule has 1 amide bonds. The highest BCUT2D eigenvalue weighted by Gasteiger charge is 2.33. The Labute approximate surface area is 196 Å². The number of ether oxygens (including phenoxy) is 1. The highest BCUT2D eigenvalue weighted by molar-refractivity contribution is 7.80. The van der Waals surface area contributed by atoms with E-state index in [4.69, 9.17) is 17.0 Å². The summed E-state index contributed by atoms with van der Waals surface area (Å²) in [6.45, 7) is 4.96. The van der Waals surface area contributed by atoms with Gasteiger partial charge < -0.3 is 20.3 Å².